The number of nitrogens with two attached hydrogens (primary N) is 1. The Kier molecular flexibility index (Phi) is 6.64. The van der Waals surface area contributed by atoms with Crippen LogP contribution in [0.25, 0.3) is 0 Å². The molecule has 0 aliphatic rings. The van der Waals surface area contributed by atoms with Gasteiger partial charge in [-0.05, 0) is 37.0 Å². The second-order valence-corrected chi connectivity index (χ2v) is 7.49. The van der Waals surface area contributed by atoms with Crippen molar-refractivity contribution in [2.45, 2.75) is 31.2 Å². The highest BCUT2D eigenvalue weighted by Gasteiger charge is 2.20. The quantitative estimate of drug-likeness (QED) is 0.566. The molecule has 0 radical (unpaired) electrons. The van der Waals surface area contributed by atoms with E-state index in [1.54, 1.807) is 17.8 Å². The van der Waals surface area contributed by atoms with Gasteiger partial charge in [-0.15, -0.1) is 0 Å². The van der Waals surface area contributed by atoms with Gasteiger partial charge in [0.15, 0.2) is 0 Å². The van der Waals surface area contributed by atoms with Gasteiger partial charge >= 0.3 is 0 Å². The molecular formula is C13H22N2O3S2. The summed E-state index contributed by atoms with van der Waals surface area (Å²) in [7, 11) is -2.08. The summed E-state index contributed by atoms with van der Waals surface area (Å²) in [6.07, 6.45) is 0.786. The predicted octanol–water partition coefficient (Wildman–Crippen LogP) is 2.09. The minimum atomic E-state index is -3.59. The van der Waals surface area contributed by atoms with Crippen LogP contribution in [-0.4, -0.2) is 33.1 Å². The van der Waals surface area contributed by atoms with E-state index in [0.29, 0.717) is 5.75 Å². The molecule has 0 saturated heterocycles. The van der Waals surface area contributed by atoms with Crippen molar-refractivity contribution in [2.75, 3.05) is 24.3 Å². The van der Waals surface area contributed by atoms with E-state index in [1.165, 1.54) is 19.2 Å². The number of sulfonamides is 1. The molecule has 0 aliphatic heterocycles. The second-order valence-electron chi connectivity index (χ2n) is 4.41. The van der Waals surface area contributed by atoms with Crippen molar-refractivity contribution in [3.8, 4) is 5.75 Å². The Morgan fingerprint density at radius 3 is 2.70 bits per heavy atom. The van der Waals surface area contributed by atoms with E-state index in [9.17, 15) is 8.42 Å². The molecular weight excluding hydrogens is 296 g/mol. The Hall–Kier alpha value is -0.920. The van der Waals surface area contributed by atoms with Crippen LogP contribution in [0.15, 0.2) is 23.1 Å². The first-order chi connectivity index (χ1) is 9.40. The molecule has 5 nitrogen and oxygen atoms in total. The second kappa shape index (κ2) is 7.75. The van der Waals surface area contributed by atoms with Gasteiger partial charge in [-0.2, -0.15) is 11.8 Å². The Labute approximate surface area is 125 Å². The highest BCUT2D eigenvalue weighted by Crippen LogP contribution is 2.24. The smallest absolute Gasteiger partial charge is 0.242 e. The number of benzene rings is 1. The van der Waals surface area contributed by atoms with Crippen LogP contribution in [0.1, 0.15) is 20.3 Å². The number of hydrogen-bond donors (Lipinski definition) is 2. The maximum Gasteiger partial charge on any atom is 0.242 e. The van der Waals surface area contributed by atoms with Gasteiger partial charge < -0.3 is 10.5 Å². The number of rotatable bonds is 8. The zero-order chi connectivity index (χ0) is 15.2. The lowest BCUT2D eigenvalue weighted by molar-refractivity contribution is 0.414. The average Bonchev–Trinajstić information content (AvgIpc) is 2.37. The largest absolute Gasteiger partial charge is 0.497 e. The fraction of sp³-hybridized carbons (Fsp3) is 0.538. The molecule has 1 atom stereocenters. The zero-order valence-electron chi connectivity index (χ0n) is 12.0. The van der Waals surface area contributed by atoms with Crippen molar-refractivity contribution >= 4 is 27.5 Å². The summed E-state index contributed by atoms with van der Waals surface area (Å²) in [5.41, 5.74) is 5.96. The van der Waals surface area contributed by atoms with E-state index in [1.807, 2.05) is 6.92 Å². The SMILES string of the molecule is CCSCCC(C)NS(=O)(=O)c1ccc(OC)cc1N. The van der Waals surface area contributed by atoms with Crippen LogP contribution in [0.4, 0.5) is 5.69 Å². The molecule has 3 N–H and O–H groups in total. The third kappa shape index (κ3) is 4.88. The first kappa shape index (κ1) is 17.1. The first-order valence-corrected chi connectivity index (χ1v) is 9.08. The predicted molar refractivity (Wildman–Crippen MR) is 84.8 cm³/mol. The molecule has 1 rings (SSSR count). The molecule has 0 spiro atoms. The topological polar surface area (TPSA) is 81.4 Å². The molecule has 114 valence electrons. The molecule has 1 aromatic rings. The molecule has 0 saturated carbocycles. The first-order valence-electron chi connectivity index (χ1n) is 6.44. The summed E-state index contributed by atoms with van der Waals surface area (Å²) in [5.74, 6) is 2.50. The number of hydrogen-bond acceptors (Lipinski definition) is 5. The summed E-state index contributed by atoms with van der Waals surface area (Å²) in [5, 5.41) is 0. The molecule has 0 amide bonds. The number of nitrogens with one attached hydrogen (secondary N) is 1. The summed E-state index contributed by atoms with van der Waals surface area (Å²) in [4.78, 5) is 0.0910. The van der Waals surface area contributed by atoms with Gasteiger partial charge in [0.2, 0.25) is 10.0 Å². The van der Waals surface area contributed by atoms with Crippen LogP contribution in [0.5, 0.6) is 5.75 Å². The Balaban J connectivity index is 2.78. The lowest BCUT2D eigenvalue weighted by atomic mass is 10.3. The van der Waals surface area contributed by atoms with Crippen molar-refractivity contribution < 1.29 is 13.2 Å². The van der Waals surface area contributed by atoms with Crippen molar-refractivity contribution in [2.24, 2.45) is 0 Å². The summed E-state index contributed by atoms with van der Waals surface area (Å²) in [6.45, 7) is 3.94. The highest BCUT2D eigenvalue weighted by molar-refractivity contribution is 7.99. The number of methoxy groups -OCH3 is 1. The van der Waals surface area contributed by atoms with Gasteiger partial charge in [0.1, 0.15) is 10.6 Å². The molecule has 7 heteroatoms. The third-order valence-electron chi connectivity index (χ3n) is 2.76. The molecule has 20 heavy (non-hydrogen) atoms. The number of nitrogen functional groups attached to an aromatic ring is 1. The van der Waals surface area contributed by atoms with E-state index >= 15 is 0 Å². The maximum atomic E-state index is 12.3. The standard InChI is InChI=1S/C13H22N2O3S2/c1-4-19-8-7-10(2)15-20(16,17)13-6-5-11(18-3)9-12(13)14/h5-6,9-10,15H,4,7-8,14H2,1-3H3. The monoisotopic (exact) mass is 318 g/mol. The number of ether oxygens (including phenoxy) is 1. The molecule has 0 aliphatic carbocycles. The lowest BCUT2D eigenvalue weighted by Gasteiger charge is -2.15. The minimum absolute atomic E-state index is 0.0910. The fourth-order valence-corrected chi connectivity index (χ4v) is 3.89. The van der Waals surface area contributed by atoms with Gasteiger partial charge in [-0.1, -0.05) is 6.92 Å². The van der Waals surface area contributed by atoms with Crippen molar-refractivity contribution in [3.05, 3.63) is 18.2 Å². The molecule has 1 unspecified atom stereocenters. The number of anilines is 1. The highest BCUT2D eigenvalue weighted by atomic mass is 32.2. The van der Waals surface area contributed by atoms with Gasteiger partial charge in [0, 0.05) is 12.1 Å². The van der Waals surface area contributed by atoms with E-state index in [-0.39, 0.29) is 16.6 Å². The van der Waals surface area contributed by atoms with E-state index in [4.69, 9.17) is 10.5 Å². The van der Waals surface area contributed by atoms with Gasteiger partial charge in [0.25, 0.3) is 0 Å². The van der Waals surface area contributed by atoms with Crippen LogP contribution in [0.3, 0.4) is 0 Å². The zero-order valence-corrected chi connectivity index (χ0v) is 13.7. The van der Waals surface area contributed by atoms with E-state index in [0.717, 1.165) is 17.9 Å². The molecule has 0 bridgehead atoms. The third-order valence-corrected chi connectivity index (χ3v) is 5.36. The molecule has 0 fully saturated rings. The van der Waals surface area contributed by atoms with Crippen LogP contribution in [-0.2, 0) is 10.0 Å². The van der Waals surface area contributed by atoms with Crippen molar-refractivity contribution in [1.29, 1.82) is 0 Å². The van der Waals surface area contributed by atoms with Crippen molar-refractivity contribution in [1.82, 2.24) is 4.72 Å². The van der Waals surface area contributed by atoms with Crippen LogP contribution < -0.4 is 15.2 Å². The lowest BCUT2D eigenvalue weighted by Crippen LogP contribution is -2.33. The Morgan fingerprint density at radius 2 is 2.15 bits per heavy atom. The van der Waals surface area contributed by atoms with Crippen LogP contribution in [0.2, 0.25) is 0 Å². The maximum absolute atomic E-state index is 12.3. The summed E-state index contributed by atoms with van der Waals surface area (Å²) in [6, 6.07) is 4.43. The van der Waals surface area contributed by atoms with Gasteiger partial charge in [0.05, 0.1) is 12.8 Å². The number of thioether (sulfide) groups is 1. The Bertz CT molecular complexity index is 532. The van der Waals surface area contributed by atoms with Gasteiger partial charge in [-0.25, -0.2) is 13.1 Å². The van der Waals surface area contributed by atoms with E-state index in [2.05, 4.69) is 11.6 Å². The summed E-state index contributed by atoms with van der Waals surface area (Å²) >= 11 is 1.79. The summed E-state index contributed by atoms with van der Waals surface area (Å²) < 4.78 is 32.2. The fourth-order valence-electron chi connectivity index (χ4n) is 1.69. The van der Waals surface area contributed by atoms with Crippen molar-refractivity contribution in [3.63, 3.8) is 0 Å². The molecule has 1 aromatic carbocycles. The average molecular weight is 318 g/mol. The molecule has 0 aromatic heterocycles. The normalized spacial score (nSPS) is 13.2. The minimum Gasteiger partial charge on any atom is -0.497 e. The van der Waals surface area contributed by atoms with E-state index < -0.39 is 10.0 Å². The van der Waals surface area contributed by atoms with Crippen LogP contribution in [0, 0.1) is 0 Å². The molecule has 0 heterocycles. The van der Waals surface area contributed by atoms with Crippen LogP contribution >= 0.6 is 11.8 Å². The Morgan fingerprint density at radius 1 is 1.45 bits per heavy atom. The van der Waals surface area contributed by atoms with Gasteiger partial charge in [-0.3, -0.25) is 0 Å².